The Hall–Kier alpha value is -0.770. The van der Waals surface area contributed by atoms with Gasteiger partial charge in [0.05, 0.1) is 0 Å². The van der Waals surface area contributed by atoms with E-state index < -0.39 is 6.10 Å². The van der Waals surface area contributed by atoms with E-state index in [2.05, 4.69) is 52.1 Å². The molecule has 116 valence electrons. The molecule has 3 nitrogen and oxygen atoms in total. The minimum Gasteiger partial charge on any atom is -0.491 e. The first kappa shape index (κ1) is 19.2. The van der Waals surface area contributed by atoms with Gasteiger partial charge in [-0.2, -0.15) is 0 Å². The molecule has 20 heavy (non-hydrogen) atoms. The fourth-order valence-electron chi connectivity index (χ4n) is 1.62. The third kappa shape index (κ3) is 7.73. The summed E-state index contributed by atoms with van der Waals surface area (Å²) in [5, 5.41) is 13.1. The minimum atomic E-state index is -0.496. The topological polar surface area (TPSA) is 41.5 Å². The highest BCUT2D eigenvalue weighted by Gasteiger charge is 2.12. The zero-order chi connectivity index (χ0) is 14.5. The molecule has 0 amide bonds. The van der Waals surface area contributed by atoms with Gasteiger partial charge in [0.1, 0.15) is 18.5 Å². The molecule has 0 aliphatic carbocycles. The molecule has 0 aliphatic rings. The van der Waals surface area contributed by atoms with E-state index in [9.17, 15) is 5.11 Å². The molecule has 0 spiro atoms. The molecular weight excluding hydrogens is 274 g/mol. The number of aliphatic hydroxyl groups excluding tert-OH is 1. The fourth-order valence-corrected chi connectivity index (χ4v) is 1.62. The van der Waals surface area contributed by atoms with E-state index in [0.29, 0.717) is 19.1 Å². The van der Waals surface area contributed by atoms with Crippen LogP contribution in [-0.2, 0) is 0 Å². The second-order valence-electron chi connectivity index (χ2n) is 6.32. The average molecular weight is 302 g/mol. The van der Waals surface area contributed by atoms with E-state index in [1.165, 1.54) is 5.56 Å². The number of aliphatic hydroxyl groups is 1. The number of nitrogens with one attached hydrogen (secondary N) is 1. The molecule has 2 N–H and O–H groups in total. The summed E-state index contributed by atoms with van der Waals surface area (Å²) >= 11 is 0. The summed E-state index contributed by atoms with van der Waals surface area (Å²) in [4.78, 5) is 0. The van der Waals surface area contributed by atoms with Gasteiger partial charge in [-0.1, -0.05) is 26.0 Å². The Bertz CT molecular complexity index is 371. The SMILES string of the molecule is CC(C)c1ccc(OCC(O)CNC(C)(C)C)cc1.Cl. The number of ether oxygens (including phenoxy) is 1. The van der Waals surface area contributed by atoms with Crippen molar-refractivity contribution in [3.63, 3.8) is 0 Å². The van der Waals surface area contributed by atoms with Gasteiger partial charge in [-0.25, -0.2) is 0 Å². The molecule has 1 aromatic rings. The van der Waals surface area contributed by atoms with Crippen LogP contribution < -0.4 is 10.1 Å². The van der Waals surface area contributed by atoms with Crippen molar-refractivity contribution in [2.24, 2.45) is 0 Å². The van der Waals surface area contributed by atoms with E-state index in [0.717, 1.165) is 5.75 Å². The summed E-state index contributed by atoms with van der Waals surface area (Å²) < 4.78 is 5.58. The molecule has 1 rings (SSSR count). The van der Waals surface area contributed by atoms with Gasteiger partial charge in [-0.3, -0.25) is 0 Å². The Balaban J connectivity index is 0.00000361. The summed E-state index contributed by atoms with van der Waals surface area (Å²) in [5.74, 6) is 1.33. The van der Waals surface area contributed by atoms with Gasteiger partial charge < -0.3 is 15.2 Å². The Labute approximate surface area is 129 Å². The zero-order valence-electron chi connectivity index (χ0n) is 13.1. The van der Waals surface area contributed by atoms with E-state index >= 15 is 0 Å². The number of hydrogen-bond acceptors (Lipinski definition) is 3. The highest BCUT2D eigenvalue weighted by Crippen LogP contribution is 2.18. The number of rotatable bonds is 6. The van der Waals surface area contributed by atoms with Crippen LogP contribution >= 0.6 is 12.4 Å². The Morgan fingerprint density at radius 3 is 2.15 bits per heavy atom. The van der Waals surface area contributed by atoms with E-state index in [-0.39, 0.29) is 17.9 Å². The van der Waals surface area contributed by atoms with Gasteiger partial charge >= 0.3 is 0 Å². The van der Waals surface area contributed by atoms with Gasteiger partial charge in [0, 0.05) is 12.1 Å². The molecule has 4 heteroatoms. The Kier molecular flexibility index (Phi) is 8.17. The smallest absolute Gasteiger partial charge is 0.119 e. The Morgan fingerprint density at radius 1 is 1.15 bits per heavy atom. The average Bonchev–Trinajstić information content (AvgIpc) is 2.33. The predicted molar refractivity (Wildman–Crippen MR) is 87.0 cm³/mol. The number of hydrogen-bond donors (Lipinski definition) is 2. The molecule has 0 bridgehead atoms. The van der Waals surface area contributed by atoms with Crippen LogP contribution in [0.3, 0.4) is 0 Å². The van der Waals surface area contributed by atoms with Crippen molar-refractivity contribution in [3.8, 4) is 5.75 Å². The van der Waals surface area contributed by atoms with Crippen molar-refractivity contribution < 1.29 is 9.84 Å². The number of benzene rings is 1. The molecule has 0 fully saturated rings. The summed E-state index contributed by atoms with van der Waals surface area (Å²) in [6.07, 6.45) is -0.496. The molecule has 0 saturated heterocycles. The summed E-state index contributed by atoms with van der Waals surface area (Å²) in [6.45, 7) is 11.4. The molecule has 1 unspecified atom stereocenters. The lowest BCUT2D eigenvalue weighted by Crippen LogP contribution is -2.42. The molecule has 0 radical (unpaired) electrons. The van der Waals surface area contributed by atoms with Crippen LogP contribution in [0.4, 0.5) is 0 Å². The van der Waals surface area contributed by atoms with Crippen LogP contribution in [0.5, 0.6) is 5.75 Å². The molecule has 0 aliphatic heterocycles. The van der Waals surface area contributed by atoms with Crippen molar-refractivity contribution >= 4 is 12.4 Å². The number of β-amino-alcohol motifs (C(OH)–C–C–N with tert-alkyl or cyclic N) is 1. The first-order valence-electron chi connectivity index (χ1n) is 6.94. The third-order valence-corrected chi connectivity index (χ3v) is 2.86. The largest absolute Gasteiger partial charge is 0.491 e. The van der Waals surface area contributed by atoms with Crippen molar-refractivity contribution in [2.45, 2.75) is 52.2 Å². The summed E-state index contributed by atoms with van der Waals surface area (Å²) in [7, 11) is 0. The molecule has 1 aromatic carbocycles. The van der Waals surface area contributed by atoms with Crippen LogP contribution in [0.1, 0.15) is 46.1 Å². The van der Waals surface area contributed by atoms with E-state index in [1.54, 1.807) is 0 Å². The lowest BCUT2D eigenvalue weighted by molar-refractivity contribution is 0.100. The van der Waals surface area contributed by atoms with Gasteiger partial charge in [0.15, 0.2) is 0 Å². The lowest BCUT2D eigenvalue weighted by atomic mass is 10.0. The Morgan fingerprint density at radius 2 is 1.70 bits per heavy atom. The maximum atomic E-state index is 9.83. The molecule has 0 aromatic heterocycles. The van der Waals surface area contributed by atoms with Crippen molar-refractivity contribution in [1.29, 1.82) is 0 Å². The highest BCUT2D eigenvalue weighted by atomic mass is 35.5. The van der Waals surface area contributed by atoms with Crippen LogP contribution in [0.25, 0.3) is 0 Å². The normalized spacial score (nSPS) is 12.9. The van der Waals surface area contributed by atoms with Crippen LogP contribution in [0.15, 0.2) is 24.3 Å². The predicted octanol–water partition coefficient (Wildman–Crippen LogP) is 3.36. The maximum absolute atomic E-state index is 9.83. The number of halogens is 1. The second kappa shape index (κ2) is 8.50. The standard InChI is InChI=1S/C16H27NO2.ClH/c1-12(2)13-6-8-15(9-7-13)19-11-14(18)10-17-16(3,4)5;/h6-9,12,14,17-18H,10-11H2,1-5H3;1H. The van der Waals surface area contributed by atoms with Crippen molar-refractivity contribution in [1.82, 2.24) is 5.32 Å². The first-order chi connectivity index (χ1) is 8.78. The molecule has 1 atom stereocenters. The molecule has 0 saturated carbocycles. The van der Waals surface area contributed by atoms with Crippen LogP contribution in [0, 0.1) is 0 Å². The van der Waals surface area contributed by atoms with Crippen molar-refractivity contribution in [3.05, 3.63) is 29.8 Å². The summed E-state index contributed by atoms with van der Waals surface area (Å²) in [6, 6.07) is 8.05. The maximum Gasteiger partial charge on any atom is 0.119 e. The molecular formula is C16H28ClNO2. The summed E-state index contributed by atoms with van der Waals surface area (Å²) in [5.41, 5.74) is 1.31. The van der Waals surface area contributed by atoms with Gasteiger partial charge in [0.25, 0.3) is 0 Å². The second-order valence-corrected chi connectivity index (χ2v) is 6.32. The van der Waals surface area contributed by atoms with Crippen molar-refractivity contribution in [2.75, 3.05) is 13.2 Å². The van der Waals surface area contributed by atoms with E-state index in [4.69, 9.17) is 4.74 Å². The minimum absolute atomic E-state index is 0. The van der Waals surface area contributed by atoms with Gasteiger partial charge in [-0.05, 0) is 44.4 Å². The van der Waals surface area contributed by atoms with Crippen LogP contribution in [-0.4, -0.2) is 29.9 Å². The molecule has 0 heterocycles. The first-order valence-corrected chi connectivity index (χ1v) is 6.94. The quantitative estimate of drug-likeness (QED) is 0.846. The van der Waals surface area contributed by atoms with E-state index in [1.807, 2.05) is 12.1 Å². The highest BCUT2D eigenvalue weighted by molar-refractivity contribution is 5.85. The fraction of sp³-hybridized carbons (Fsp3) is 0.625. The van der Waals surface area contributed by atoms with Gasteiger partial charge in [0.2, 0.25) is 0 Å². The lowest BCUT2D eigenvalue weighted by Gasteiger charge is -2.23. The third-order valence-electron chi connectivity index (χ3n) is 2.86. The van der Waals surface area contributed by atoms with Gasteiger partial charge in [-0.15, -0.1) is 12.4 Å². The van der Waals surface area contributed by atoms with Crippen LogP contribution in [0.2, 0.25) is 0 Å². The monoisotopic (exact) mass is 301 g/mol. The zero-order valence-corrected chi connectivity index (χ0v) is 14.0.